The summed E-state index contributed by atoms with van der Waals surface area (Å²) < 4.78 is 38.1. The minimum absolute atomic E-state index is 0.271. The van der Waals surface area contributed by atoms with Crippen LogP contribution in [0.2, 0.25) is 0 Å². The Hall–Kier alpha value is -2.05. The molecule has 0 spiro atoms. The topological polar surface area (TPSA) is 66.4 Å². The van der Waals surface area contributed by atoms with Crippen molar-refractivity contribution < 1.29 is 27.9 Å². The largest absolute Gasteiger partial charge is 0.480 e. The highest BCUT2D eigenvalue weighted by molar-refractivity contribution is 5.93. The van der Waals surface area contributed by atoms with Gasteiger partial charge in [0.05, 0.1) is 11.0 Å². The van der Waals surface area contributed by atoms with Gasteiger partial charge in [-0.3, -0.25) is 9.59 Å². The molecule has 1 aliphatic carbocycles. The Morgan fingerprint density at radius 2 is 1.95 bits per heavy atom. The Balaban J connectivity index is 2.25. The van der Waals surface area contributed by atoms with Crippen molar-refractivity contribution in [1.29, 1.82) is 0 Å². The van der Waals surface area contributed by atoms with E-state index in [1.807, 2.05) is 0 Å². The number of carboxylic acids is 1. The van der Waals surface area contributed by atoms with E-state index in [9.17, 15) is 22.8 Å². The molecule has 1 amide bonds. The molecule has 0 aliphatic heterocycles. The first-order chi connectivity index (χ1) is 9.67. The molecule has 1 saturated carbocycles. The molecule has 1 aromatic rings. The smallest absolute Gasteiger partial charge is 0.416 e. The number of benzene rings is 1. The van der Waals surface area contributed by atoms with E-state index in [2.05, 4.69) is 5.32 Å². The Morgan fingerprint density at radius 1 is 1.33 bits per heavy atom. The Labute approximate surface area is 119 Å². The number of carbonyl (C=O) groups is 2. The molecule has 0 saturated heterocycles. The van der Waals surface area contributed by atoms with Crippen LogP contribution in [0.3, 0.4) is 0 Å². The van der Waals surface area contributed by atoms with Crippen LogP contribution in [-0.4, -0.2) is 23.0 Å². The minimum Gasteiger partial charge on any atom is -0.480 e. The average molecular weight is 301 g/mol. The molecule has 0 radical (unpaired) electrons. The molecule has 2 N–H and O–H groups in total. The Kier molecular flexibility index (Phi) is 3.69. The zero-order valence-corrected chi connectivity index (χ0v) is 11.2. The molecule has 0 bridgehead atoms. The normalized spacial score (nSPS) is 17.9. The second kappa shape index (κ2) is 5.05. The summed E-state index contributed by atoms with van der Waals surface area (Å²) in [5.74, 6) is -1.74. The lowest BCUT2D eigenvalue weighted by atomic mass is 9.93. The van der Waals surface area contributed by atoms with Gasteiger partial charge >= 0.3 is 12.1 Å². The van der Waals surface area contributed by atoms with Crippen LogP contribution in [0, 0.1) is 0 Å². The summed E-state index contributed by atoms with van der Waals surface area (Å²) in [6.45, 7) is 1.31. The fourth-order valence-corrected chi connectivity index (χ4v) is 2.16. The number of alkyl halides is 3. The van der Waals surface area contributed by atoms with Crippen molar-refractivity contribution >= 4 is 11.9 Å². The number of rotatable bonds is 4. The highest BCUT2D eigenvalue weighted by Crippen LogP contribution is 2.49. The van der Waals surface area contributed by atoms with Crippen molar-refractivity contribution in [2.75, 3.05) is 0 Å². The fourth-order valence-electron chi connectivity index (χ4n) is 2.16. The SMILES string of the molecule is C[C@@H](NC(=O)C1(c2cccc(C(F)(F)F)c2)CC1)C(=O)O. The molecule has 114 valence electrons. The summed E-state index contributed by atoms with van der Waals surface area (Å²) in [4.78, 5) is 22.9. The highest BCUT2D eigenvalue weighted by Gasteiger charge is 2.52. The molecule has 4 nitrogen and oxygen atoms in total. The van der Waals surface area contributed by atoms with Crippen LogP contribution in [0.5, 0.6) is 0 Å². The molecular formula is C14H14F3NO3. The number of nitrogens with one attached hydrogen (secondary N) is 1. The van der Waals surface area contributed by atoms with E-state index < -0.39 is 35.1 Å². The number of aliphatic carboxylic acids is 1. The number of amides is 1. The lowest BCUT2D eigenvalue weighted by molar-refractivity contribution is -0.141. The van der Waals surface area contributed by atoms with Crippen LogP contribution in [0.15, 0.2) is 24.3 Å². The molecule has 2 rings (SSSR count). The molecule has 0 aromatic heterocycles. The predicted molar refractivity (Wildman–Crippen MR) is 67.6 cm³/mol. The third kappa shape index (κ3) is 3.01. The summed E-state index contributed by atoms with van der Waals surface area (Å²) in [7, 11) is 0. The van der Waals surface area contributed by atoms with Crippen molar-refractivity contribution in [3.05, 3.63) is 35.4 Å². The van der Waals surface area contributed by atoms with Gasteiger partial charge in [0.25, 0.3) is 0 Å². The maximum atomic E-state index is 12.7. The van der Waals surface area contributed by atoms with Gasteiger partial charge in [0.1, 0.15) is 6.04 Å². The Bertz CT molecular complexity index is 579. The van der Waals surface area contributed by atoms with Crippen molar-refractivity contribution in [3.63, 3.8) is 0 Å². The van der Waals surface area contributed by atoms with E-state index in [1.165, 1.54) is 19.1 Å². The first kappa shape index (κ1) is 15.3. The minimum atomic E-state index is -4.48. The van der Waals surface area contributed by atoms with E-state index in [0.717, 1.165) is 12.1 Å². The lowest BCUT2D eigenvalue weighted by Gasteiger charge is -2.19. The lowest BCUT2D eigenvalue weighted by Crippen LogP contribution is -2.44. The van der Waals surface area contributed by atoms with Gasteiger partial charge in [-0.25, -0.2) is 0 Å². The van der Waals surface area contributed by atoms with Crippen molar-refractivity contribution in [1.82, 2.24) is 5.32 Å². The third-order valence-corrected chi connectivity index (χ3v) is 3.65. The summed E-state index contributed by atoms with van der Waals surface area (Å²) >= 11 is 0. The zero-order chi connectivity index (χ0) is 15.8. The van der Waals surface area contributed by atoms with E-state index >= 15 is 0 Å². The first-order valence-electron chi connectivity index (χ1n) is 6.38. The number of hydrogen-bond acceptors (Lipinski definition) is 2. The number of carbonyl (C=O) groups excluding carboxylic acids is 1. The molecule has 1 atom stereocenters. The van der Waals surface area contributed by atoms with Crippen LogP contribution in [-0.2, 0) is 21.2 Å². The van der Waals surface area contributed by atoms with Gasteiger partial charge in [-0.2, -0.15) is 13.2 Å². The summed E-state index contributed by atoms with van der Waals surface area (Å²) in [6, 6.07) is 3.54. The standard InChI is InChI=1S/C14H14F3NO3/c1-8(11(19)20)18-12(21)13(5-6-13)9-3-2-4-10(7-9)14(15,16)17/h2-4,7-8H,5-6H2,1H3,(H,18,21)(H,19,20)/t8-/m1/s1. The molecule has 1 aromatic carbocycles. The highest BCUT2D eigenvalue weighted by atomic mass is 19.4. The second-order valence-electron chi connectivity index (χ2n) is 5.19. The maximum Gasteiger partial charge on any atom is 0.416 e. The summed E-state index contributed by atoms with van der Waals surface area (Å²) in [5.41, 5.74) is -1.58. The molecular weight excluding hydrogens is 287 g/mol. The van der Waals surface area contributed by atoms with Gasteiger partial charge in [-0.1, -0.05) is 18.2 Å². The van der Waals surface area contributed by atoms with Gasteiger partial charge < -0.3 is 10.4 Å². The van der Waals surface area contributed by atoms with E-state index in [4.69, 9.17) is 5.11 Å². The molecule has 0 heterocycles. The number of hydrogen-bond donors (Lipinski definition) is 2. The predicted octanol–water partition coefficient (Wildman–Crippen LogP) is 2.33. The van der Waals surface area contributed by atoms with Crippen molar-refractivity contribution in [2.24, 2.45) is 0 Å². The zero-order valence-electron chi connectivity index (χ0n) is 11.2. The van der Waals surface area contributed by atoms with Gasteiger partial charge in [0.15, 0.2) is 0 Å². The quantitative estimate of drug-likeness (QED) is 0.897. The first-order valence-corrected chi connectivity index (χ1v) is 6.38. The number of carboxylic acid groups (broad SMARTS) is 1. The van der Waals surface area contributed by atoms with Gasteiger partial charge in [-0.15, -0.1) is 0 Å². The average Bonchev–Trinajstić information content (AvgIpc) is 3.19. The van der Waals surface area contributed by atoms with E-state index in [-0.39, 0.29) is 5.56 Å². The maximum absolute atomic E-state index is 12.7. The molecule has 1 fully saturated rings. The van der Waals surface area contributed by atoms with Crippen LogP contribution in [0.4, 0.5) is 13.2 Å². The monoisotopic (exact) mass is 301 g/mol. The molecule has 7 heteroatoms. The Morgan fingerprint density at radius 3 is 2.43 bits per heavy atom. The van der Waals surface area contributed by atoms with Gasteiger partial charge in [-0.05, 0) is 31.4 Å². The van der Waals surface area contributed by atoms with E-state index in [1.54, 1.807) is 0 Å². The van der Waals surface area contributed by atoms with Gasteiger partial charge in [0, 0.05) is 0 Å². The van der Waals surface area contributed by atoms with Gasteiger partial charge in [0.2, 0.25) is 5.91 Å². The summed E-state index contributed by atoms with van der Waals surface area (Å²) in [5, 5.41) is 11.1. The van der Waals surface area contributed by atoms with Crippen LogP contribution >= 0.6 is 0 Å². The fraction of sp³-hybridized carbons (Fsp3) is 0.429. The molecule has 1 aliphatic rings. The summed E-state index contributed by atoms with van der Waals surface area (Å²) in [6.07, 6.45) is -3.66. The molecule has 0 unspecified atom stereocenters. The second-order valence-corrected chi connectivity index (χ2v) is 5.19. The number of halogens is 3. The van der Waals surface area contributed by atoms with Crippen molar-refractivity contribution in [3.8, 4) is 0 Å². The van der Waals surface area contributed by atoms with E-state index in [0.29, 0.717) is 12.8 Å². The van der Waals surface area contributed by atoms with Crippen LogP contribution in [0.1, 0.15) is 30.9 Å². The molecule has 21 heavy (non-hydrogen) atoms. The van der Waals surface area contributed by atoms with Crippen LogP contribution < -0.4 is 5.32 Å². The van der Waals surface area contributed by atoms with Crippen molar-refractivity contribution in [2.45, 2.75) is 37.4 Å². The third-order valence-electron chi connectivity index (χ3n) is 3.65. The van der Waals surface area contributed by atoms with Crippen LogP contribution in [0.25, 0.3) is 0 Å².